The number of carbonyl (C=O) groups excluding carboxylic acids is 1. The second-order valence-corrected chi connectivity index (χ2v) is 7.56. The number of aryl methyl sites for hydroxylation is 1. The molecule has 0 aliphatic rings. The lowest BCUT2D eigenvalue weighted by atomic mass is 10.2. The number of carbonyl (C=O) groups is 1. The number of hydrogen-bond acceptors (Lipinski definition) is 3. The molecule has 0 heterocycles. The van der Waals surface area contributed by atoms with Crippen LogP contribution in [0.4, 0.5) is 5.69 Å². The number of benzene rings is 2. The van der Waals surface area contributed by atoms with Gasteiger partial charge in [-0.15, -0.1) is 0 Å². The minimum atomic E-state index is -0.354. The molecule has 8 heteroatoms. The van der Waals surface area contributed by atoms with Crippen molar-refractivity contribution >= 4 is 72.4 Å². The Morgan fingerprint density at radius 2 is 1.96 bits per heavy atom. The second-order valence-electron chi connectivity index (χ2n) is 5.04. The van der Waals surface area contributed by atoms with E-state index in [2.05, 4.69) is 49.4 Å². The summed E-state index contributed by atoms with van der Waals surface area (Å²) < 4.78 is 7.10. The van der Waals surface area contributed by atoms with Crippen LogP contribution in [0.1, 0.15) is 12.5 Å². The highest BCUT2D eigenvalue weighted by Crippen LogP contribution is 2.26. The Morgan fingerprint density at radius 3 is 2.60 bits per heavy atom. The molecule has 0 saturated heterocycles. The molecule has 132 valence electrons. The number of ether oxygens (including phenoxy) is 1. The highest BCUT2D eigenvalue weighted by molar-refractivity contribution is 9.10. The predicted molar refractivity (Wildman–Crippen MR) is 113 cm³/mol. The van der Waals surface area contributed by atoms with Gasteiger partial charge in [0.15, 0.2) is 11.7 Å². The maximum atomic E-state index is 12.0. The van der Waals surface area contributed by atoms with Gasteiger partial charge in [-0.25, -0.2) is 0 Å². The van der Waals surface area contributed by atoms with Crippen molar-refractivity contribution in [3.8, 4) is 5.75 Å². The zero-order valence-corrected chi connectivity index (χ0v) is 18.0. The van der Waals surface area contributed by atoms with Crippen molar-refractivity contribution in [3.05, 3.63) is 55.9 Å². The molecule has 0 unspecified atom stereocenters. The summed E-state index contributed by atoms with van der Waals surface area (Å²) in [6, 6.07) is 11.0. The van der Waals surface area contributed by atoms with Gasteiger partial charge in [-0.3, -0.25) is 10.1 Å². The van der Waals surface area contributed by atoms with Crippen LogP contribution >= 0.6 is 55.7 Å². The van der Waals surface area contributed by atoms with Crippen LogP contribution in [0.25, 0.3) is 0 Å². The number of thiocarbonyl (C=S) groups is 1. The highest BCUT2D eigenvalue weighted by Gasteiger charge is 2.09. The molecule has 0 radical (unpaired) electrons. The van der Waals surface area contributed by atoms with E-state index in [0.29, 0.717) is 16.5 Å². The molecule has 0 atom stereocenters. The van der Waals surface area contributed by atoms with E-state index in [9.17, 15) is 4.79 Å². The number of halogens is 3. The Balaban J connectivity index is 1.85. The van der Waals surface area contributed by atoms with Crippen LogP contribution in [0, 0.1) is 0 Å². The largest absolute Gasteiger partial charge is 0.483 e. The van der Waals surface area contributed by atoms with E-state index in [0.717, 1.165) is 15.4 Å². The molecule has 0 fully saturated rings. The van der Waals surface area contributed by atoms with Crippen molar-refractivity contribution in [3.63, 3.8) is 0 Å². The van der Waals surface area contributed by atoms with Crippen LogP contribution < -0.4 is 15.4 Å². The van der Waals surface area contributed by atoms with Crippen LogP contribution in [0.3, 0.4) is 0 Å². The molecule has 0 saturated carbocycles. The number of rotatable bonds is 5. The van der Waals surface area contributed by atoms with E-state index < -0.39 is 0 Å². The molecule has 2 rings (SSSR count). The van der Waals surface area contributed by atoms with E-state index in [1.54, 1.807) is 18.2 Å². The van der Waals surface area contributed by atoms with E-state index in [1.807, 2.05) is 18.2 Å². The predicted octanol–water partition coefficient (Wildman–Crippen LogP) is 5.32. The summed E-state index contributed by atoms with van der Waals surface area (Å²) in [5.74, 6) is 0.248. The number of anilines is 1. The molecule has 0 aromatic heterocycles. The summed E-state index contributed by atoms with van der Waals surface area (Å²) in [7, 11) is 0. The van der Waals surface area contributed by atoms with Gasteiger partial charge in [-0.05, 0) is 86.4 Å². The Labute approximate surface area is 173 Å². The van der Waals surface area contributed by atoms with Crippen molar-refractivity contribution in [2.24, 2.45) is 0 Å². The summed E-state index contributed by atoms with van der Waals surface area (Å²) in [6.07, 6.45) is 0.930. The van der Waals surface area contributed by atoms with Crippen molar-refractivity contribution < 1.29 is 9.53 Å². The first-order valence-corrected chi connectivity index (χ1v) is 9.73. The van der Waals surface area contributed by atoms with Gasteiger partial charge in [0.2, 0.25) is 0 Å². The first kappa shape index (κ1) is 20.2. The molecule has 2 aromatic carbocycles. The molecule has 4 nitrogen and oxygen atoms in total. The summed E-state index contributed by atoms with van der Waals surface area (Å²) in [5, 5.41) is 6.17. The highest BCUT2D eigenvalue weighted by atomic mass is 79.9. The standard InChI is InChI=1S/C17H15Br2ClN2O2S/c1-2-10-3-6-15(13(19)7-10)24-9-16(23)22-17(25)21-11-4-5-12(18)14(20)8-11/h3-8H,2,9H2,1H3,(H2,21,22,23,25). The zero-order chi connectivity index (χ0) is 18.4. The van der Waals surface area contributed by atoms with Crippen LogP contribution in [0.2, 0.25) is 5.02 Å². The first-order chi connectivity index (χ1) is 11.9. The average molecular weight is 507 g/mol. The lowest BCUT2D eigenvalue weighted by Gasteiger charge is -2.12. The van der Waals surface area contributed by atoms with E-state index in [1.165, 1.54) is 5.56 Å². The van der Waals surface area contributed by atoms with Crippen LogP contribution in [-0.4, -0.2) is 17.6 Å². The zero-order valence-electron chi connectivity index (χ0n) is 13.2. The van der Waals surface area contributed by atoms with Crippen LogP contribution in [0.5, 0.6) is 5.75 Å². The molecule has 0 spiro atoms. The maximum absolute atomic E-state index is 12.0. The van der Waals surface area contributed by atoms with Gasteiger partial charge in [0.25, 0.3) is 5.91 Å². The number of hydrogen-bond donors (Lipinski definition) is 2. The third-order valence-electron chi connectivity index (χ3n) is 3.19. The summed E-state index contributed by atoms with van der Waals surface area (Å²) in [5.41, 5.74) is 1.86. The molecule has 0 aliphatic carbocycles. The molecule has 0 bridgehead atoms. The van der Waals surface area contributed by atoms with Crippen molar-refractivity contribution in [2.45, 2.75) is 13.3 Å². The third kappa shape index (κ3) is 6.26. The average Bonchev–Trinajstić information content (AvgIpc) is 2.56. The topological polar surface area (TPSA) is 50.4 Å². The molecular weight excluding hydrogens is 492 g/mol. The molecule has 25 heavy (non-hydrogen) atoms. The van der Waals surface area contributed by atoms with E-state index >= 15 is 0 Å². The van der Waals surface area contributed by atoms with Gasteiger partial charge in [0, 0.05) is 10.2 Å². The fourth-order valence-corrected chi connectivity index (χ4v) is 3.12. The van der Waals surface area contributed by atoms with Crippen molar-refractivity contribution in [2.75, 3.05) is 11.9 Å². The quantitative estimate of drug-likeness (QED) is 0.539. The fourth-order valence-electron chi connectivity index (χ4n) is 1.92. The molecular formula is C17H15Br2ClN2O2S. The second kappa shape index (κ2) is 9.52. The lowest BCUT2D eigenvalue weighted by Crippen LogP contribution is -2.37. The van der Waals surface area contributed by atoms with Crippen LogP contribution in [0.15, 0.2) is 45.3 Å². The first-order valence-electron chi connectivity index (χ1n) is 7.36. The van der Waals surface area contributed by atoms with Gasteiger partial charge in [-0.1, -0.05) is 24.6 Å². The number of nitrogens with one attached hydrogen (secondary N) is 2. The molecule has 2 N–H and O–H groups in total. The maximum Gasteiger partial charge on any atom is 0.264 e. The van der Waals surface area contributed by atoms with Crippen molar-refractivity contribution in [1.82, 2.24) is 5.32 Å². The Hall–Kier alpha value is -1.15. The smallest absolute Gasteiger partial charge is 0.264 e. The lowest BCUT2D eigenvalue weighted by molar-refractivity contribution is -0.121. The normalized spacial score (nSPS) is 10.2. The van der Waals surface area contributed by atoms with E-state index in [4.69, 9.17) is 28.6 Å². The van der Waals surface area contributed by atoms with Crippen LogP contribution in [-0.2, 0) is 11.2 Å². The SMILES string of the molecule is CCc1ccc(OCC(=O)NC(=S)Nc2ccc(Br)c(Cl)c2)c(Br)c1. The summed E-state index contributed by atoms with van der Waals surface area (Å²) in [4.78, 5) is 12.0. The molecule has 0 aliphatic heterocycles. The van der Waals surface area contributed by atoms with Crippen molar-refractivity contribution in [1.29, 1.82) is 0 Å². The Morgan fingerprint density at radius 1 is 1.20 bits per heavy atom. The summed E-state index contributed by atoms with van der Waals surface area (Å²) >= 11 is 17.9. The molecule has 2 aromatic rings. The number of amides is 1. The van der Waals surface area contributed by atoms with E-state index in [-0.39, 0.29) is 17.6 Å². The van der Waals surface area contributed by atoms with Gasteiger partial charge in [0.05, 0.1) is 9.50 Å². The summed E-state index contributed by atoms with van der Waals surface area (Å²) in [6.45, 7) is 1.93. The van der Waals surface area contributed by atoms with Gasteiger partial charge in [-0.2, -0.15) is 0 Å². The Kier molecular flexibility index (Phi) is 7.68. The van der Waals surface area contributed by atoms with Gasteiger partial charge < -0.3 is 10.1 Å². The van der Waals surface area contributed by atoms with Gasteiger partial charge in [0.1, 0.15) is 5.75 Å². The minimum absolute atomic E-state index is 0.146. The fraction of sp³-hybridized carbons (Fsp3) is 0.176. The monoisotopic (exact) mass is 504 g/mol. The minimum Gasteiger partial charge on any atom is -0.483 e. The molecule has 1 amide bonds. The Bertz CT molecular complexity index is 802. The third-order valence-corrected chi connectivity index (χ3v) is 5.25. The van der Waals surface area contributed by atoms with Gasteiger partial charge >= 0.3 is 0 Å².